The Labute approximate surface area is 135 Å². The zero-order chi connectivity index (χ0) is 16.8. The van der Waals surface area contributed by atoms with Crippen LogP contribution in [-0.4, -0.2) is 34.7 Å². The second kappa shape index (κ2) is 7.67. The normalized spacial score (nSPS) is 13.5. The maximum absolute atomic E-state index is 11.9. The lowest BCUT2D eigenvalue weighted by Gasteiger charge is -2.20. The fourth-order valence-corrected chi connectivity index (χ4v) is 2.52. The van der Waals surface area contributed by atoms with Crippen LogP contribution in [0.4, 0.5) is 4.79 Å². The lowest BCUT2D eigenvalue weighted by Crippen LogP contribution is -2.49. The summed E-state index contributed by atoms with van der Waals surface area (Å²) in [5.41, 5.74) is 2.19. The molecule has 0 fully saturated rings. The Morgan fingerprint density at radius 3 is 2.74 bits per heavy atom. The summed E-state index contributed by atoms with van der Waals surface area (Å²) in [7, 11) is 0. The number of fused-ring (bicyclic) bond motifs is 1. The molecule has 1 heterocycles. The van der Waals surface area contributed by atoms with Crippen LogP contribution in [0.3, 0.4) is 0 Å². The van der Waals surface area contributed by atoms with Gasteiger partial charge in [0.05, 0.1) is 0 Å². The molecule has 4 N–H and O–H groups in total. The first kappa shape index (κ1) is 16.9. The number of hydrogen-bond acceptors (Lipinski definition) is 2. The number of aromatic amines is 1. The molecule has 2 aromatic rings. The number of H-pyrrole nitrogens is 1. The maximum atomic E-state index is 11.9. The van der Waals surface area contributed by atoms with Crippen LogP contribution in [0.15, 0.2) is 30.5 Å². The first-order valence-corrected chi connectivity index (χ1v) is 7.85. The number of urea groups is 1. The Hall–Kier alpha value is -2.50. The van der Waals surface area contributed by atoms with E-state index >= 15 is 0 Å². The summed E-state index contributed by atoms with van der Waals surface area (Å²) < 4.78 is 0. The van der Waals surface area contributed by atoms with E-state index in [2.05, 4.69) is 15.6 Å². The van der Waals surface area contributed by atoms with E-state index in [1.807, 2.05) is 44.3 Å². The number of amides is 2. The molecule has 0 aliphatic heterocycles. The Morgan fingerprint density at radius 2 is 2.04 bits per heavy atom. The molecule has 0 saturated carbocycles. The van der Waals surface area contributed by atoms with Gasteiger partial charge < -0.3 is 20.7 Å². The topological polar surface area (TPSA) is 94.2 Å². The number of rotatable bonds is 7. The molecular formula is C17H23N3O3. The molecule has 2 rings (SSSR count). The Kier molecular flexibility index (Phi) is 5.62. The van der Waals surface area contributed by atoms with E-state index in [1.165, 1.54) is 0 Å². The number of aliphatic carboxylic acids is 1. The number of para-hydroxylation sites is 1. The summed E-state index contributed by atoms with van der Waals surface area (Å²) in [6.07, 6.45) is 3.30. The van der Waals surface area contributed by atoms with Crippen molar-refractivity contribution in [1.82, 2.24) is 15.6 Å². The van der Waals surface area contributed by atoms with E-state index in [1.54, 1.807) is 0 Å². The molecule has 0 bridgehead atoms. The van der Waals surface area contributed by atoms with Gasteiger partial charge in [-0.15, -0.1) is 0 Å². The SMILES string of the molecule is CC[C@@H](C)[C@H](NC(=O)NCCc1c[nH]c2ccccc12)C(=O)O. The molecule has 6 nitrogen and oxygen atoms in total. The van der Waals surface area contributed by atoms with Crippen molar-refractivity contribution in [3.8, 4) is 0 Å². The van der Waals surface area contributed by atoms with Crippen molar-refractivity contribution in [2.75, 3.05) is 6.54 Å². The van der Waals surface area contributed by atoms with Crippen molar-refractivity contribution in [2.24, 2.45) is 5.92 Å². The van der Waals surface area contributed by atoms with Crippen LogP contribution in [0.5, 0.6) is 0 Å². The fraction of sp³-hybridized carbons (Fsp3) is 0.412. The highest BCUT2D eigenvalue weighted by molar-refractivity contribution is 5.84. The molecule has 2 amide bonds. The highest BCUT2D eigenvalue weighted by Gasteiger charge is 2.25. The van der Waals surface area contributed by atoms with Gasteiger partial charge in [-0.1, -0.05) is 38.5 Å². The highest BCUT2D eigenvalue weighted by atomic mass is 16.4. The predicted octanol–water partition coefficient (Wildman–Crippen LogP) is 2.51. The second-order valence-corrected chi connectivity index (χ2v) is 5.71. The van der Waals surface area contributed by atoms with E-state index in [0.717, 1.165) is 16.5 Å². The van der Waals surface area contributed by atoms with E-state index in [4.69, 9.17) is 0 Å². The van der Waals surface area contributed by atoms with Gasteiger partial charge in [0.25, 0.3) is 0 Å². The van der Waals surface area contributed by atoms with Gasteiger partial charge in [0.2, 0.25) is 0 Å². The number of nitrogens with one attached hydrogen (secondary N) is 3. The molecule has 0 aliphatic rings. The molecule has 0 aliphatic carbocycles. The minimum absolute atomic E-state index is 0.119. The van der Waals surface area contributed by atoms with Gasteiger partial charge >= 0.3 is 12.0 Å². The molecule has 1 aromatic carbocycles. The molecule has 124 valence electrons. The molecule has 0 unspecified atom stereocenters. The minimum atomic E-state index is -1.01. The largest absolute Gasteiger partial charge is 0.480 e. The first-order chi connectivity index (χ1) is 11.0. The maximum Gasteiger partial charge on any atom is 0.326 e. The summed E-state index contributed by atoms with van der Waals surface area (Å²) in [6, 6.07) is 6.66. The monoisotopic (exact) mass is 317 g/mol. The van der Waals surface area contributed by atoms with Crippen molar-refractivity contribution in [3.63, 3.8) is 0 Å². The molecule has 6 heteroatoms. The Bertz CT molecular complexity index is 681. The molecule has 0 radical (unpaired) electrons. The van der Waals surface area contributed by atoms with Gasteiger partial charge in [0.1, 0.15) is 6.04 Å². The Balaban J connectivity index is 1.86. The number of carboxylic acid groups (broad SMARTS) is 1. The lowest BCUT2D eigenvalue weighted by atomic mass is 9.99. The van der Waals surface area contributed by atoms with Gasteiger partial charge in [0, 0.05) is 23.6 Å². The van der Waals surface area contributed by atoms with Crippen LogP contribution in [0.2, 0.25) is 0 Å². The smallest absolute Gasteiger partial charge is 0.326 e. The van der Waals surface area contributed by atoms with Crippen LogP contribution in [0.1, 0.15) is 25.8 Å². The zero-order valence-corrected chi connectivity index (χ0v) is 13.4. The quantitative estimate of drug-likeness (QED) is 0.632. The van der Waals surface area contributed by atoms with E-state index in [-0.39, 0.29) is 5.92 Å². The zero-order valence-electron chi connectivity index (χ0n) is 13.4. The third-order valence-corrected chi connectivity index (χ3v) is 4.12. The summed E-state index contributed by atoms with van der Waals surface area (Å²) in [4.78, 5) is 26.3. The van der Waals surface area contributed by atoms with Crippen molar-refractivity contribution < 1.29 is 14.7 Å². The molecular weight excluding hydrogens is 294 g/mol. The molecule has 1 aromatic heterocycles. The number of carboxylic acids is 1. The molecule has 0 spiro atoms. The third kappa shape index (κ3) is 4.25. The fourth-order valence-electron chi connectivity index (χ4n) is 2.52. The van der Waals surface area contributed by atoms with Crippen LogP contribution < -0.4 is 10.6 Å². The first-order valence-electron chi connectivity index (χ1n) is 7.85. The van der Waals surface area contributed by atoms with Crippen LogP contribution in [0.25, 0.3) is 10.9 Å². The molecule has 2 atom stereocenters. The third-order valence-electron chi connectivity index (χ3n) is 4.12. The van der Waals surface area contributed by atoms with Crippen LogP contribution in [-0.2, 0) is 11.2 Å². The van der Waals surface area contributed by atoms with Crippen LogP contribution in [0, 0.1) is 5.92 Å². The number of aromatic nitrogens is 1. The van der Waals surface area contributed by atoms with Crippen molar-refractivity contribution >= 4 is 22.9 Å². The number of benzene rings is 1. The van der Waals surface area contributed by atoms with E-state index in [0.29, 0.717) is 19.4 Å². The summed E-state index contributed by atoms with van der Waals surface area (Å²) >= 11 is 0. The predicted molar refractivity (Wildman–Crippen MR) is 89.4 cm³/mol. The van der Waals surface area contributed by atoms with Crippen molar-refractivity contribution in [2.45, 2.75) is 32.7 Å². The molecule has 0 saturated heterocycles. The number of carbonyl (C=O) groups excluding carboxylic acids is 1. The standard InChI is InChI=1S/C17H23N3O3/c1-3-11(2)15(16(21)22)20-17(23)18-9-8-12-10-19-14-7-5-4-6-13(12)14/h4-7,10-11,15,19H,3,8-9H2,1-2H3,(H,21,22)(H2,18,20,23)/t11-,15+/m1/s1. The van der Waals surface area contributed by atoms with Gasteiger partial charge in [-0.2, -0.15) is 0 Å². The van der Waals surface area contributed by atoms with Gasteiger partial charge in [-0.3, -0.25) is 0 Å². The Morgan fingerprint density at radius 1 is 1.30 bits per heavy atom. The van der Waals surface area contributed by atoms with E-state index in [9.17, 15) is 14.7 Å². The highest BCUT2D eigenvalue weighted by Crippen LogP contribution is 2.17. The van der Waals surface area contributed by atoms with Crippen LogP contribution >= 0.6 is 0 Å². The van der Waals surface area contributed by atoms with Gasteiger partial charge in [0.15, 0.2) is 0 Å². The number of hydrogen-bond donors (Lipinski definition) is 4. The average Bonchev–Trinajstić information content (AvgIpc) is 2.95. The summed E-state index contributed by atoms with van der Waals surface area (Å²) in [6.45, 7) is 4.16. The van der Waals surface area contributed by atoms with Crippen molar-refractivity contribution in [1.29, 1.82) is 0 Å². The summed E-state index contributed by atoms with van der Waals surface area (Å²) in [5, 5.41) is 15.6. The minimum Gasteiger partial charge on any atom is -0.480 e. The number of carbonyl (C=O) groups is 2. The van der Waals surface area contributed by atoms with E-state index < -0.39 is 18.0 Å². The average molecular weight is 317 g/mol. The van der Waals surface area contributed by atoms with Crippen molar-refractivity contribution in [3.05, 3.63) is 36.0 Å². The summed E-state index contributed by atoms with van der Waals surface area (Å²) in [5.74, 6) is -1.13. The van der Waals surface area contributed by atoms with Gasteiger partial charge in [-0.25, -0.2) is 9.59 Å². The van der Waals surface area contributed by atoms with Gasteiger partial charge in [-0.05, 0) is 24.0 Å². The molecule has 23 heavy (non-hydrogen) atoms. The lowest BCUT2D eigenvalue weighted by molar-refractivity contribution is -0.140. The second-order valence-electron chi connectivity index (χ2n) is 5.71.